The van der Waals surface area contributed by atoms with E-state index < -0.39 is 60.2 Å². The van der Waals surface area contributed by atoms with Gasteiger partial charge in [0, 0.05) is 6.16 Å². The van der Waals surface area contributed by atoms with Crippen LogP contribution in [0.5, 0.6) is 0 Å². The second kappa shape index (κ2) is 16.0. The second-order valence-electron chi connectivity index (χ2n) is 9.87. The van der Waals surface area contributed by atoms with Crippen molar-refractivity contribution in [2.24, 2.45) is 0 Å². The van der Waals surface area contributed by atoms with Crippen molar-refractivity contribution in [1.82, 2.24) is 0 Å². The molecule has 226 valence electrons. The zero-order valence-electron chi connectivity index (χ0n) is 23.1. The Bertz CT molecular complexity index is 1180. The highest BCUT2D eigenvalue weighted by Gasteiger charge is 2.53. The molecule has 0 heterocycles. The van der Waals surface area contributed by atoms with E-state index in [1.54, 1.807) is 6.92 Å². The number of carbonyl (C=O) groups excluding carboxylic acids is 2. The monoisotopic (exact) mass is 640 g/mol. The molecule has 16 heteroatoms. The molecule has 0 aliphatic rings. The normalized spacial score (nSPS) is 12.3. The summed E-state index contributed by atoms with van der Waals surface area (Å²) in [5.41, 5.74) is 0. The molecular formula is C24H39O12P3Si. The predicted molar refractivity (Wildman–Crippen MR) is 155 cm³/mol. The first-order valence-electron chi connectivity index (χ1n) is 12.0. The molecule has 0 saturated heterocycles. The molecule has 0 amide bonds. The van der Waals surface area contributed by atoms with Crippen LogP contribution in [0.4, 0.5) is 0 Å². The summed E-state index contributed by atoms with van der Waals surface area (Å²) in [6, 6.07) is 18.9. The van der Waals surface area contributed by atoms with Gasteiger partial charge in [-0.2, -0.15) is 0 Å². The van der Waals surface area contributed by atoms with Crippen molar-refractivity contribution in [1.29, 1.82) is 0 Å². The van der Waals surface area contributed by atoms with Crippen LogP contribution >= 0.6 is 22.8 Å². The summed E-state index contributed by atoms with van der Waals surface area (Å²) in [6.07, 6.45) is -1.01. The molecular weight excluding hydrogens is 601 g/mol. The standard InChI is InChI=1S/C18H23O5PSi.C3H7O4P.C3H9O3P/c1-18(2,3)25(15-10-6-4-7-11-15,16-12-8-5-9-13-16)23-17(19)14-24(20,21)22;1-3(4)2-8(5,6)7;1-2-3-7(4,5)6/h4-13H,14H2,1-3H3,(H2,20,21,22);2H2,1H3,(H2,5,6,7);2-3H2,1H3,(H2,4,5,6). The summed E-state index contributed by atoms with van der Waals surface area (Å²) in [7, 11) is -15.3. The van der Waals surface area contributed by atoms with Gasteiger partial charge in [-0.15, -0.1) is 0 Å². The minimum Gasteiger partial charge on any atom is -0.509 e. The largest absolute Gasteiger partial charge is 0.509 e. The van der Waals surface area contributed by atoms with Crippen molar-refractivity contribution in [3.8, 4) is 0 Å². The fourth-order valence-electron chi connectivity index (χ4n) is 3.60. The van der Waals surface area contributed by atoms with Gasteiger partial charge in [-0.1, -0.05) is 88.4 Å². The third-order valence-corrected chi connectivity index (χ3v) is 12.5. The van der Waals surface area contributed by atoms with Crippen molar-refractivity contribution in [2.45, 2.75) is 46.1 Å². The van der Waals surface area contributed by atoms with Gasteiger partial charge in [0.2, 0.25) is 0 Å². The summed E-state index contributed by atoms with van der Waals surface area (Å²) in [5.74, 6) is -1.36. The number of rotatable bonds is 9. The Labute approximate surface area is 235 Å². The molecule has 0 spiro atoms. The van der Waals surface area contributed by atoms with Crippen molar-refractivity contribution >= 4 is 53.2 Å². The van der Waals surface area contributed by atoms with Gasteiger partial charge in [0.1, 0.15) is 18.1 Å². The number of ketones is 1. The van der Waals surface area contributed by atoms with E-state index >= 15 is 0 Å². The summed E-state index contributed by atoms with van der Waals surface area (Å²) < 4.78 is 37.1. The second-order valence-corrected chi connectivity index (χ2v) is 19.2. The SMILES string of the molecule is CC(=O)CP(=O)(O)O.CC(C)(C)[Si](OC(=O)CP(=O)(O)O)(c1ccccc1)c1ccccc1.CCCP(=O)(O)O. The Hall–Kier alpha value is -1.75. The Morgan fingerprint density at radius 1 is 0.725 bits per heavy atom. The van der Waals surface area contributed by atoms with Crippen LogP contribution in [0, 0.1) is 0 Å². The molecule has 2 aromatic rings. The zero-order chi connectivity index (χ0) is 31.4. The predicted octanol–water partition coefficient (Wildman–Crippen LogP) is 2.59. The van der Waals surface area contributed by atoms with Crippen molar-refractivity contribution in [3.63, 3.8) is 0 Å². The maximum Gasteiger partial charge on any atom is 0.336 e. The van der Waals surface area contributed by atoms with E-state index in [-0.39, 0.29) is 6.16 Å². The van der Waals surface area contributed by atoms with Crippen LogP contribution in [0.3, 0.4) is 0 Å². The molecule has 0 fully saturated rings. The minimum atomic E-state index is -4.50. The topological polar surface area (TPSA) is 216 Å². The molecule has 12 nitrogen and oxygen atoms in total. The molecule has 0 atom stereocenters. The van der Waals surface area contributed by atoms with Gasteiger partial charge < -0.3 is 33.8 Å². The fourth-order valence-corrected chi connectivity index (χ4v) is 9.63. The van der Waals surface area contributed by atoms with Crippen LogP contribution in [-0.2, 0) is 27.7 Å². The van der Waals surface area contributed by atoms with Gasteiger partial charge in [0.15, 0.2) is 0 Å². The number of hydrogen-bond acceptors (Lipinski definition) is 6. The molecule has 40 heavy (non-hydrogen) atoms. The molecule has 0 aliphatic carbocycles. The average Bonchev–Trinajstić information content (AvgIpc) is 2.75. The molecule has 0 aromatic heterocycles. The number of benzene rings is 2. The first kappa shape index (κ1) is 38.2. The Morgan fingerprint density at radius 3 is 1.30 bits per heavy atom. The zero-order valence-corrected chi connectivity index (χ0v) is 26.8. The lowest BCUT2D eigenvalue weighted by atomic mass is 10.2. The van der Waals surface area contributed by atoms with Gasteiger partial charge in [-0.25, -0.2) is 0 Å². The molecule has 0 aliphatic heterocycles. The molecule has 0 bridgehead atoms. The molecule has 0 saturated carbocycles. The van der Waals surface area contributed by atoms with E-state index in [1.807, 2.05) is 81.4 Å². The summed E-state index contributed by atoms with van der Waals surface area (Å²) in [4.78, 5) is 73.1. The van der Waals surface area contributed by atoms with Crippen molar-refractivity contribution < 1.29 is 57.1 Å². The van der Waals surface area contributed by atoms with Crippen LogP contribution in [0.1, 0.15) is 41.0 Å². The van der Waals surface area contributed by atoms with E-state index in [0.717, 1.165) is 17.3 Å². The van der Waals surface area contributed by atoms with Crippen LogP contribution in [0.15, 0.2) is 60.7 Å². The highest BCUT2D eigenvalue weighted by atomic mass is 31.2. The lowest BCUT2D eigenvalue weighted by Crippen LogP contribution is -2.67. The van der Waals surface area contributed by atoms with E-state index in [1.165, 1.54) is 0 Å². The minimum absolute atomic E-state index is 0.00694. The maximum atomic E-state index is 12.4. The highest BCUT2D eigenvalue weighted by Crippen LogP contribution is 2.39. The van der Waals surface area contributed by atoms with Crippen LogP contribution in [0.2, 0.25) is 5.04 Å². The van der Waals surface area contributed by atoms with Crippen molar-refractivity contribution in [2.75, 3.05) is 18.5 Å². The number of hydrogen-bond donors (Lipinski definition) is 6. The smallest absolute Gasteiger partial charge is 0.336 e. The molecule has 0 unspecified atom stereocenters. The van der Waals surface area contributed by atoms with Crippen LogP contribution in [-0.4, -0.2) is 67.9 Å². The Kier molecular flexibility index (Phi) is 15.3. The van der Waals surface area contributed by atoms with E-state index in [4.69, 9.17) is 33.8 Å². The number of carbonyl (C=O) groups is 2. The van der Waals surface area contributed by atoms with Gasteiger partial charge in [-0.3, -0.25) is 23.3 Å². The lowest BCUT2D eigenvalue weighted by molar-refractivity contribution is -0.132. The third-order valence-electron chi connectivity index (χ3n) is 4.96. The summed E-state index contributed by atoms with van der Waals surface area (Å²) >= 11 is 0. The van der Waals surface area contributed by atoms with E-state index in [9.17, 15) is 23.3 Å². The first-order valence-corrected chi connectivity index (χ1v) is 19.3. The van der Waals surface area contributed by atoms with Crippen LogP contribution in [0.25, 0.3) is 0 Å². The van der Waals surface area contributed by atoms with Crippen LogP contribution < -0.4 is 10.4 Å². The van der Waals surface area contributed by atoms with Gasteiger partial charge in [0.25, 0.3) is 0 Å². The molecule has 6 N–H and O–H groups in total. The summed E-state index contributed by atoms with van der Waals surface area (Å²) in [6.45, 7) is 8.84. The van der Waals surface area contributed by atoms with Gasteiger partial charge in [-0.05, 0) is 28.8 Å². The first-order chi connectivity index (χ1) is 18.0. The molecule has 0 radical (unpaired) electrons. The van der Waals surface area contributed by atoms with E-state index in [2.05, 4.69) is 0 Å². The Balaban J connectivity index is 0.000000832. The van der Waals surface area contributed by atoms with Gasteiger partial charge in [0.05, 0.1) is 0 Å². The molecule has 2 rings (SSSR count). The quantitative estimate of drug-likeness (QED) is 0.172. The van der Waals surface area contributed by atoms with Gasteiger partial charge >= 0.3 is 37.1 Å². The third kappa shape index (κ3) is 15.3. The average molecular weight is 641 g/mol. The van der Waals surface area contributed by atoms with Crippen molar-refractivity contribution in [3.05, 3.63) is 60.7 Å². The highest BCUT2D eigenvalue weighted by molar-refractivity contribution is 7.53. The summed E-state index contributed by atoms with van der Waals surface area (Å²) in [5, 5.41) is 1.33. The maximum absolute atomic E-state index is 12.4. The Morgan fingerprint density at radius 2 is 1.10 bits per heavy atom. The fraction of sp³-hybridized carbons (Fsp3) is 0.417. The lowest BCUT2D eigenvalue weighted by Gasteiger charge is -2.42. The number of Topliss-reactive ketones (excluding diaryl/α,β-unsaturated/α-hetero) is 1. The molecule has 2 aromatic carbocycles. The van der Waals surface area contributed by atoms with E-state index in [0.29, 0.717) is 6.42 Å².